The zero-order valence-electron chi connectivity index (χ0n) is 16.6. The van der Waals surface area contributed by atoms with Crippen LogP contribution in [0.2, 0.25) is 0 Å². The van der Waals surface area contributed by atoms with Crippen molar-refractivity contribution in [3.05, 3.63) is 29.8 Å². The Balaban J connectivity index is 1.67. The molecule has 1 aliphatic heterocycles. The van der Waals surface area contributed by atoms with Crippen molar-refractivity contribution in [1.29, 1.82) is 0 Å². The highest BCUT2D eigenvalue weighted by Gasteiger charge is 2.28. The van der Waals surface area contributed by atoms with E-state index in [1.807, 2.05) is 14.1 Å². The molecule has 7 nitrogen and oxygen atoms in total. The van der Waals surface area contributed by atoms with Crippen LogP contribution in [0.1, 0.15) is 24.4 Å². The first kappa shape index (κ1) is 19.6. The van der Waals surface area contributed by atoms with Crippen LogP contribution in [0.5, 0.6) is 0 Å². The summed E-state index contributed by atoms with van der Waals surface area (Å²) >= 11 is 0. The summed E-state index contributed by atoms with van der Waals surface area (Å²) in [6.45, 7) is 4.33. The highest BCUT2D eigenvalue weighted by atomic mass is 16.2. The van der Waals surface area contributed by atoms with Gasteiger partial charge in [0, 0.05) is 58.5 Å². The van der Waals surface area contributed by atoms with Gasteiger partial charge in [-0.2, -0.15) is 0 Å². The summed E-state index contributed by atoms with van der Waals surface area (Å²) in [4.78, 5) is 30.9. The Morgan fingerprint density at radius 3 is 2.26 bits per heavy atom. The fourth-order valence-electron chi connectivity index (χ4n) is 3.33. The fourth-order valence-corrected chi connectivity index (χ4v) is 3.33. The molecule has 7 heteroatoms. The second-order valence-corrected chi connectivity index (χ2v) is 7.80. The first-order valence-electron chi connectivity index (χ1n) is 9.72. The molecular formula is C20H31N5O2. The van der Waals surface area contributed by atoms with Gasteiger partial charge in [-0.1, -0.05) is 12.1 Å². The van der Waals surface area contributed by atoms with Gasteiger partial charge in [-0.3, -0.25) is 14.5 Å². The second kappa shape index (κ2) is 8.71. The van der Waals surface area contributed by atoms with Gasteiger partial charge in [0.25, 0.3) is 0 Å². The number of nitrogens with zero attached hydrogens (tertiary/aromatic N) is 3. The van der Waals surface area contributed by atoms with Crippen molar-refractivity contribution in [2.75, 3.05) is 58.8 Å². The van der Waals surface area contributed by atoms with E-state index >= 15 is 0 Å². The predicted molar refractivity (Wildman–Crippen MR) is 107 cm³/mol. The SMILES string of the molecule is CN1CCN([C@@H](CNC(=O)C(=O)NC2CC2)c2ccc(N(C)C)cc2)CC1. The molecule has 0 aromatic heterocycles. The third kappa shape index (κ3) is 5.43. The van der Waals surface area contributed by atoms with Crippen LogP contribution in [0, 0.1) is 0 Å². The van der Waals surface area contributed by atoms with E-state index in [-0.39, 0.29) is 12.1 Å². The van der Waals surface area contributed by atoms with Crippen LogP contribution >= 0.6 is 0 Å². The van der Waals surface area contributed by atoms with Crippen LogP contribution in [-0.2, 0) is 9.59 Å². The Bertz CT molecular complexity index is 649. The molecule has 1 aromatic rings. The maximum atomic E-state index is 12.2. The summed E-state index contributed by atoms with van der Waals surface area (Å²) in [6, 6.07) is 8.69. The van der Waals surface area contributed by atoms with Gasteiger partial charge in [-0.15, -0.1) is 0 Å². The van der Waals surface area contributed by atoms with Crippen molar-refractivity contribution in [2.45, 2.75) is 24.9 Å². The van der Waals surface area contributed by atoms with Gasteiger partial charge in [0.1, 0.15) is 0 Å². The molecule has 1 saturated carbocycles. The van der Waals surface area contributed by atoms with E-state index in [2.05, 4.69) is 56.6 Å². The van der Waals surface area contributed by atoms with Gasteiger partial charge in [-0.05, 0) is 37.6 Å². The third-order valence-corrected chi connectivity index (χ3v) is 5.35. The van der Waals surface area contributed by atoms with Crippen molar-refractivity contribution < 1.29 is 9.59 Å². The fraction of sp³-hybridized carbons (Fsp3) is 0.600. The average Bonchev–Trinajstić information content (AvgIpc) is 3.47. The van der Waals surface area contributed by atoms with Gasteiger partial charge < -0.3 is 20.4 Å². The maximum absolute atomic E-state index is 12.2. The summed E-state index contributed by atoms with van der Waals surface area (Å²) in [6.07, 6.45) is 1.95. The summed E-state index contributed by atoms with van der Waals surface area (Å²) in [5.74, 6) is -1.05. The molecule has 0 spiro atoms. The Hall–Kier alpha value is -2.12. The van der Waals surface area contributed by atoms with Crippen LogP contribution in [0.4, 0.5) is 5.69 Å². The lowest BCUT2D eigenvalue weighted by molar-refractivity contribution is -0.139. The molecule has 1 saturated heterocycles. The smallest absolute Gasteiger partial charge is 0.309 e. The van der Waals surface area contributed by atoms with Gasteiger partial charge in [-0.25, -0.2) is 0 Å². The number of rotatable bonds is 6. The van der Waals surface area contributed by atoms with Crippen molar-refractivity contribution in [1.82, 2.24) is 20.4 Å². The molecule has 2 N–H and O–H groups in total. The normalized spacial score (nSPS) is 19.4. The molecule has 0 bridgehead atoms. The standard InChI is InChI=1S/C20H31N5O2/c1-23(2)17-8-4-15(5-9-17)18(25-12-10-24(3)11-13-25)14-21-19(26)20(27)22-16-6-7-16/h4-5,8-9,16,18H,6-7,10-14H2,1-3H3,(H,21,26)(H,22,27)/t18-/m0/s1. The van der Waals surface area contributed by atoms with E-state index in [1.165, 1.54) is 0 Å². The summed E-state index contributed by atoms with van der Waals surface area (Å²) in [5.41, 5.74) is 2.30. The summed E-state index contributed by atoms with van der Waals surface area (Å²) < 4.78 is 0. The van der Waals surface area contributed by atoms with Crippen molar-refractivity contribution >= 4 is 17.5 Å². The molecule has 0 radical (unpaired) electrons. The van der Waals surface area contributed by atoms with Crippen molar-refractivity contribution in [3.8, 4) is 0 Å². The largest absolute Gasteiger partial charge is 0.378 e. The van der Waals surface area contributed by atoms with Crippen LogP contribution in [0.25, 0.3) is 0 Å². The molecule has 1 heterocycles. The molecule has 27 heavy (non-hydrogen) atoms. The second-order valence-electron chi connectivity index (χ2n) is 7.80. The number of benzene rings is 1. The molecule has 2 fully saturated rings. The first-order chi connectivity index (χ1) is 12.9. The van der Waals surface area contributed by atoms with Gasteiger partial charge >= 0.3 is 11.8 Å². The highest BCUT2D eigenvalue weighted by molar-refractivity contribution is 6.35. The molecule has 3 rings (SSSR count). The molecule has 0 unspecified atom stereocenters. The van der Waals surface area contributed by atoms with E-state index in [0.717, 1.165) is 50.3 Å². The third-order valence-electron chi connectivity index (χ3n) is 5.35. The van der Waals surface area contributed by atoms with E-state index in [4.69, 9.17) is 0 Å². The topological polar surface area (TPSA) is 67.9 Å². The zero-order valence-corrected chi connectivity index (χ0v) is 16.6. The number of nitrogens with one attached hydrogen (secondary N) is 2. The Morgan fingerprint density at radius 2 is 1.70 bits per heavy atom. The van der Waals surface area contributed by atoms with Crippen LogP contribution < -0.4 is 15.5 Å². The number of hydrogen-bond donors (Lipinski definition) is 2. The van der Waals surface area contributed by atoms with Crippen LogP contribution in [0.15, 0.2) is 24.3 Å². The molecular weight excluding hydrogens is 342 g/mol. The highest BCUT2D eigenvalue weighted by Crippen LogP contribution is 2.24. The molecule has 1 aliphatic carbocycles. The molecule has 2 amide bonds. The number of piperazine rings is 1. The zero-order chi connectivity index (χ0) is 19.4. The van der Waals surface area contributed by atoms with E-state index in [9.17, 15) is 9.59 Å². The number of hydrogen-bond acceptors (Lipinski definition) is 5. The average molecular weight is 374 g/mol. The number of likely N-dealkylation sites (N-methyl/N-ethyl adjacent to an activating group) is 1. The lowest BCUT2D eigenvalue weighted by Gasteiger charge is -2.38. The minimum absolute atomic E-state index is 0.0626. The molecule has 2 aliphatic rings. The quantitative estimate of drug-likeness (QED) is 0.708. The Morgan fingerprint density at radius 1 is 1.07 bits per heavy atom. The Labute approximate surface area is 161 Å². The summed E-state index contributed by atoms with van der Waals surface area (Å²) in [7, 11) is 6.17. The number of carbonyl (C=O) groups excluding carboxylic acids is 2. The van der Waals surface area contributed by atoms with Crippen molar-refractivity contribution in [3.63, 3.8) is 0 Å². The maximum Gasteiger partial charge on any atom is 0.309 e. The van der Waals surface area contributed by atoms with E-state index in [1.54, 1.807) is 0 Å². The minimum Gasteiger partial charge on any atom is -0.378 e. The molecule has 148 valence electrons. The minimum atomic E-state index is -0.536. The lowest BCUT2D eigenvalue weighted by atomic mass is 10.0. The number of amides is 2. The van der Waals surface area contributed by atoms with Crippen LogP contribution in [0.3, 0.4) is 0 Å². The van der Waals surface area contributed by atoms with E-state index in [0.29, 0.717) is 6.54 Å². The van der Waals surface area contributed by atoms with Gasteiger partial charge in [0.15, 0.2) is 0 Å². The van der Waals surface area contributed by atoms with Gasteiger partial charge in [0.05, 0.1) is 6.04 Å². The molecule has 1 atom stereocenters. The monoisotopic (exact) mass is 373 g/mol. The first-order valence-corrected chi connectivity index (χ1v) is 9.72. The number of carbonyl (C=O) groups is 2. The van der Waals surface area contributed by atoms with Crippen molar-refractivity contribution in [2.24, 2.45) is 0 Å². The predicted octanol–water partition coefficient (Wildman–Crippen LogP) is 0.436. The van der Waals surface area contributed by atoms with Gasteiger partial charge in [0.2, 0.25) is 0 Å². The Kier molecular flexibility index (Phi) is 6.34. The number of anilines is 1. The van der Waals surface area contributed by atoms with E-state index < -0.39 is 11.8 Å². The van der Waals surface area contributed by atoms with Crippen LogP contribution in [-0.4, -0.2) is 81.5 Å². The lowest BCUT2D eigenvalue weighted by Crippen LogP contribution is -2.49. The summed E-state index contributed by atoms with van der Waals surface area (Å²) in [5, 5.41) is 5.59. The molecule has 1 aromatic carbocycles.